The van der Waals surface area contributed by atoms with Gasteiger partial charge < -0.3 is 4.90 Å². The van der Waals surface area contributed by atoms with Crippen molar-refractivity contribution in [1.82, 2.24) is 34.9 Å². The smallest absolute Gasteiger partial charge is 0.238 e. The number of hydrogen-bond donors (Lipinski definition) is 0. The first kappa shape index (κ1) is 43.7. The van der Waals surface area contributed by atoms with Crippen molar-refractivity contribution < 1.29 is 0 Å². The minimum atomic E-state index is 0.492. The maximum Gasteiger partial charge on any atom is 0.238 e. The van der Waals surface area contributed by atoms with Crippen LogP contribution in [0, 0.1) is 0 Å². The molecule has 0 saturated heterocycles. The van der Waals surface area contributed by atoms with Gasteiger partial charge in [-0.1, -0.05) is 212 Å². The summed E-state index contributed by atoms with van der Waals surface area (Å²) in [6, 6.07) is 88.6. The molecular weight excluding hydrogens is 907 g/mol. The van der Waals surface area contributed by atoms with Crippen LogP contribution in [0.1, 0.15) is 0 Å². The maximum absolute atomic E-state index is 5.46. The van der Waals surface area contributed by atoms with E-state index in [-0.39, 0.29) is 0 Å². The van der Waals surface area contributed by atoms with Gasteiger partial charge in [-0.2, -0.15) is 9.97 Å². The Balaban J connectivity index is 1.05. The van der Waals surface area contributed by atoms with Crippen molar-refractivity contribution in [3.05, 3.63) is 261 Å². The lowest BCUT2D eigenvalue weighted by Gasteiger charge is -2.39. The summed E-state index contributed by atoms with van der Waals surface area (Å²) in [5.41, 5.74) is 15.0. The first-order valence-electron chi connectivity index (χ1n) is 24.5. The van der Waals surface area contributed by atoms with Crippen molar-refractivity contribution in [2.75, 3.05) is 9.80 Å². The number of rotatable bonds is 10. The second-order valence-electron chi connectivity index (χ2n) is 17.8. The minimum Gasteiger partial charge on any atom is -0.306 e. The van der Waals surface area contributed by atoms with Crippen molar-refractivity contribution in [2.45, 2.75) is 0 Å². The van der Waals surface area contributed by atoms with Crippen molar-refractivity contribution in [2.24, 2.45) is 0 Å². The summed E-state index contributed by atoms with van der Waals surface area (Å²) >= 11 is 0. The maximum atomic E-state index is 5.46. The summed E-state index contributed by atoms with van der Waals surface area (Å²) in [5, 5.41) is 0. The largest absolute Gasteiger partial charge is 0.306 e. The van der Waals surface area contributed by atoms with Crippen LogP contribution in [0.25, 0.3) is 90.6 Å². The molecule has 348 valence electrons. The van der Waals surface area contributed by atoms with Crippen LogP contribution < -0.4 is 9.80 Å². The molecule has 1 aliphatic heterocycles. The number of nitrogens with zero attached hydrogens (tertiary/aromatic N) is 9. The fourth-order valence-corrected chi connectivity index (χ4v) is 9.54. The number of fused-ring (bicyclic) bond motifs is 2. The standard InChI is InChI=1S/C65H43N9/c1-7-23-44(24-8-1)52-43-55(67-61(66-52)47-29-13-4-14-30-47)50-39-40-56(51(41-50)64-68-53(45-25-9-2-10-26-45)42-54(69-64)46-27-11-3-12-28-46)73-57-35-19-21-37-59(57)74(60-38-22-20-36-58(60)73)65-71-62(48-31-15-5-16-32-48)70-63(72-65)49-33-17-6-18-34-49/h1-43H. The summed E-state index contributed by atoms with van der Waals surface area (Å²) in [6.45, 7) is 0. The lowest BCUT2D eigenvalue weighted by molar-refractivity contribution is 1.01. The molecular formula is C65H43N9. The van der Waals surface area contributed by atoms with Crippen LogP contribution in [0.5, 0.6) is 0 Å². The van der Waals surface area contributed by atoms with Crippen LogP contribution in [0.3, 0.4) is 0 Å². The number of benzene rings is 9. The third-order valence-electron chi connectivity index (χ3n) is 13.1. The van der Waals surface area contributed by atoms with E-state index in [1.807, 2.05) is 146 Å². The summed E-state index contributed by atoms with van der Waals surface area (Å²) < 4.78 is 0. The third kappa shape index (κ3) is 8.40. The average Bonchev–Trinajstić information content (AvgIpc) is 3.49. The van der Waals surface area contributed by atoms with Gasteiger partial charge in [-0.05, 0) is 48.5 Å². The topological polar surface area (TPSA) is 96.7 Å². The second-order valence-corrected chi connectivity index (χ2v) is 17.8. The fourth-order valence-electron chi connectivity index (χ4n) is 9.54. The first-order valence-corrected chi connectivity index (χ1v) is 24.5. The Hall–Kier alpha value is -10.3. The van der Waals surface area contributed by atoms with Crippen molar-refractivity contribution >= 4 is 34.4 Å². The van der Waals surface area contributed by atoms with Gasteiger partial charge in [-0.3, -0.25) is 4.90 Å². The zero-order valence-electron chi connectivity index (χ0n) is 39.9. The molecule has 74 heavy (non-hydrogen) atoms. The van der Waals surface area contributed by atoms with E-state index in [0.717, 1.165) is 95.7 Å². The normalized spacial score (nSPS) is 11.7. The van der Waals surface area contributed by atoms with Crippen molar-refractivity contribution in [1.29, 1.82) is 0 Å². The molecule has 0 spiro atoms. The fraction of sp³-hybridized carbons (Fsp3) is 0. The molecule has 4 heterocycles. The molecule has 3 aromatic heterocycles. The Labute approximate surface area is 428 Å². The molecule has 0 radical (unpaired) electrons. The average molecular weight is 950 g/mol. The predicted octanol–water partition coefficient (Wildman–Crippen LogP) is 16.0. The second kappa shape index (κ2) is 19.2. The molecule has 0 unspecified atom stereocenters. The molecule has 9 nitrogen and oxygen atoms in total. The highest BCUT2D eigenvalue weighted by Crippen LogP contribution is 2.55. The van der Waals surface area contributed by atoms with Gasteiger partial charge in [0.2, 0.25) is 5.95 Å². The molecule has 12 aromatic rings. The molecule has 0 saturated carbocycles. The van der Waals surface area contributed by atoms with E-state index in [1.165, 1.54) is 0 Å². The van der Waals surface area contributed by atoms with Crippen LogP contribution in [-0.4, -0.2) is 34.9 Å². The molecule has 0 amide bonds. The summed E-state index contributed by atoms with van der Waals surface area (Å²) in [5.74, 6) is 2.82. The monoisotopic (exact) mass is 949 g/mol. The Morgan fingerprint density at radius 1 is 0.203 bits per heavy atom. The lowest BCUT2D eigenvalue weighted by atomic mass is 9.99. The van der Waals surface area contributed by atoms with Gasteiger partial charge in [0, 0.05) is 44.5 Å². The summed E-state index contributed by atoms with van der Waals surface area (Å²) in [4.78, 5) is 41.3. The van der Waals surface area contributed by atoms with Crippen LogP contribution in [0.15, 0.2) is 261 Å². The highest BCUT2D eigenvalue weighted by molar-refractivity contribution is 6.03. The number of anilines is 6. The number of aromatic nitrogens is 7. The number of para-hydroxylation sites is 4. The predicted molar refractivity (Wildman–Crippen MR) is 297 cm³/mol. The highest BCUT2D eigenvalue weighted by atomic mass is 15.3. The van der Waals surface area contributed by atoms with Gasteiger partial charge in [-0.25, -0.2) is 24.9 Å². The summed E-state index contributed by atoms with van der Waals surface area (Å²) in [7, 11) is 0. The van der Waals surface area contributed by atoms with Gasteiger partial charge in [0.25, 0.3) is 0 Å². The van der Waals surface area contributed by atoms with Gasteiger partial charge in [0.1, 0.15) is 0 Å². The Morgan fingerprint density at radius 2 is 0.514 bits per heavy atom. The summed E-state index contributed by atoms with van der Waals surface area (Å²) in [6.07, 6.45) is 0. The van der Waals surface area contributed by atoms with Gasteiger partial charge in [0.05, 0.1) is 51.2 Å². The highest BCUT2D eigenvalue weighted by Gasteiger charge is 2.34. The van der Waals surface area contributed by atoms with E-state index in [9.17, 15) is 0 Å². The molecule has 0 aliphatic carbocycles. The van der Waals surface area contributed by atoms with Crippen LogP contribution in [-0.2, 0) is 0 Å². The van der Waals surface area contributed by atoms with Gasteiger partial charge >= 0.3 is 0 Å². The molecule has 0 N–H and O–H groups in total. The van der Waals surface area contributed by atoms with Crippen LogP contribution in [0.2, 0.25) is 0 Å². The lowest BCUT2D eigenvalue weighted by Crippen LogP contribution is -2.26. The van der Waals surface area contributed by atoms with E-state index in [1.54, 1.807) is 0 Å². The van der Waals surface area contributed by atoms with Crippen LogP contribution in [0.4, 0.5) is 34.4 Å². The molecule has 0 fully saturated rings. The van der Waals surface area contributed by atoms with E-state index >= 15 is 0 Å². The first-order chi connectivity index (χ1) is 36.7. The Bertz CT molecular complexity index is 3730. The third-order valence-corrected chi connectivity index (χ3v) is 13.1. The van der Waals surface area contributed by atoms with E-state index < -0.39 is 0 Å². The Morgan fingerprint density at radius 3 is 0.905 bits per heavy atom. The zero-order valence-corrected chi connectivity index (χ0v) is 39.9. The van der Waals surface area contributed by atoms with Crippen molar-refractivity contribution in [3.63, 3.8) is 0 Å². The molecule has 1 aliphatic rings. The molecule has 0 atom stereocenters. The van der Waals surface area contributed by atoms with Gasteiger partial charge in [-0.15, -0.1) is 0 Å². The van der Waals surface area contributed by atoms with Crippen molar-refractivity contribution in [3.8, 4) is 90.6 Å². The zero-order chi connectivity index (χ0) is 49.2. The molecule has 9 heteroatoms. The van der Waals surface area contributed by atoms with Gasteiger partial charge in [0.15, 0.2) is 23.3 Å². The van der Waals surface area contributed by atoms with E-state index in [4.69, 9.17) is 34.9 Å². The number of hydrogen-bond acceptors (Lipinski definition) is 9. The van der Waals surface area contributed by atoms with E-state index in [0.29, 0.717) is 29.2 Å². The molecule has 0 bridgehead atoms. The molecule has 9 aromatic carbocycles. The van der Waals surface area contributed by atoms with Crippen LogP contribution >= 0.6 is 0 Å². The Kier molecular flexibility index (Phi) is 11.3. The van der Waals surface area contributed by atoms with E-state index in [2.05, 4.69) is 125 Å². The molecule has 13 rings (SSSR count). The SMILES string of the molecule is c1ccc(-c2cc(-c3ccc(N4c5ccccc5N(c5nc(-c6ccccc6)nc(-c6ccccc6)n5)c5ccccc54)c(-c4nc(-c5ccccc5)cc(-c5ccccc5)n4)c3)nc(-c3ccccc3)n2)cc1. The quantitative estimate of drug-likeness (QED) is 0.133. The minimum absolute atomic E-state index is 0.492.